The number of benzene rings is 1. The topological polar surface area (TPSA) is 69.4 Å². The van der Waals surface area contributed by atoms with E-state index in [9.17, 15) is 0 Å². The van der Waals surface area contributed by atoms with Crippen LogP contribution in [0.5, 0.6) is 11.5 Å². The number of fused-ring (bicyclic) bond motifs is 1. The van der Waals surface area contributed by atoms with E-state index in [0.717, 1.165) is 23.5 Å². The van der Waals surface area contributed by atoms with E-state index in [1.54, 1.807) is 6.20 Å². The van der Waals surface area contributed by atoms with E-state index in [1.165, 1.54) is 0 Å². The summed E-state index contributed by atoms with van der Waals surface area (Å²) >= 11 is 0. The lowest BCUT2D eigenvalue weighted by Crippen LogP contribution is -2.47. The standard InChI is InChI=1S/C16H19N3O2/c1-18-12(9-11-5-4-8-19-16(11)17)15-10-20-13-6-2-3-7-14(13)21-15/h2-8,12,15,18H,9-10H2,1H3,(H2,17,19). The van der Waals surface area contributed by atoms with Gasteiger partial charge in [-0.2, -0.15) is 0 Å². The second kappa shape index (κ2) is 6.01. The first-order valence-corrected chi connectivity index (χ1v) is 7.03. The van der Waals surface area contributed by atoms with E-state index >= 15 is 0 Å². The highest BCUT2D eigenvalue weighted by molar-refractivity contribution is 5.41. The predicted molar refractivity (Wildman–Crippen MR) is 81.6 cm³/mol. The third-order valence-corrected chi connectivity index (χ3v) is 3.72. The Morgan fingerprint density at radius 2 is 2.10 bits per heavy atom. The number of nitrogens with zero attached hydrogens (tertiary/aromatic N) is 1. The zero-order chi connectivity index (χ0) is 14.7. The molecule has 2 unspecified atom stereocenters. The maximum absolute atomic E-state index is 6.05. The van der Waals surface area contributed by atoms with Crippen molar-refractivity contribution in [2.75, 3.05) is 19.4 Å². The van der Waals surface area contributed by atoms with E-state index in [2.05, 4.69) is 10.3 Å². The maximum Gasteiger partial charge on any atom is 0.161 e. The smallest absolute Gasteiger partial charge is 0.161 e. The van der Waals surface area contributed by atoms with Crippen LogP contribution in [0.15, 0.2) is 42.6 Å². The first-order valence-electron chi connectivity index (χ1n) is 7.03. The molecule has 5 heteroatoms. The second-order valence-electron chi connectivity index (χ2n) is 5.06. The van der Waals surface area contributed by atoms with Crippen molar-refractivity contribution in [1.82, 2.24) is 10.3 Å². The van der Waals surface area contributed by atoms with Crippen LogP contribution in [-0.4, -0.2) is 30.8 Å². The van der Waals surface area contributed by atoms with Gasteiger partial charge in [-0.1, -0.05) is 18.2 Å². The van der Waals surface area contributed by atoms with Crippen molar-refractivity contribution in [3.63, 3.8) is 0 Å². The number of anilines is 1. The van der Waals surface area contributed by atoms with Gasteiger partial charge in [0.25, 0.3) is 0 Å². The molecule has 0 amide bonds. The Kier molecular flexibility index (Phi) is 3.92. The zero-order valence-corrected chi connectivity index (χ0v) is 12.0. The fraction of sp³-hybridized carbons (Fsp3) is 0.312. The number of hydrogen-bond donors (Lipinski definition) is 2. The van der Waals surface area contributed by atoms with Crippen molar-refractivity contribution >= 4 is 5.82 Å². The summed E-state index contributed by atoms with van der Waals surface area (Å²) in [6.07, 6.45) is 2.38. The summed E-state index contributed by atoms with van der Waals surface area (Å²) in [6.45, 7) is 0.517. The summed E-state index contributed by atoms with van der Waals surface area (Å²) < 4.78 is 11.8. The molecule has 1 aliphatic heterocycles. The average Bonchev–Trinajstić information content (AvgIpc) is 2.54. The van der Waals surface area contributed by atoms with Crippen molar-refractivity contribution in [3.8, 4) is 11.5 Å². The third-order valence-electron chi connectivity index (χ3n) is 3.72. The van der Waals surface area contributed by atoms with Crippen LogP contribution < -0.4 is 20.5 Å². The van der Waals surface area contributed by atoms with Crippen molar-refractivity contribution in [1.29, 1.82) is 0 Å². The molecular formula is C16H19N3O2. The van der Waals surface area contributed by atoms with Gasteiger partial charge in [-0.05, 0) is 37.2 Å². The minimum atomic E-state index is -0.0653. The Labute approximate surface area is 124 Å². The monoisotopic (exact) mass is 285 g/mol. The maximum atomic E-state index is 6.05. The number of ether oxygens (including phenoxy) is 2. The molecule has 1 aliphatic rings. The van der Waals surface area contributed by atoms with Crippen LogP contribution in [-0.2, 0) is 6.42 Å². The summed E-state index contributed by atoms with van der Waals surface area (Å²) in [5, 5.41) is 3.29. The number of nitrogens with one attached hydrogen (secondary N) is 1. The van der Waals surface area contributed by atoms with Crippen LogP contribution >= 0.6 is 0 Å². The number of pyridine rings is 1. The summed E-state index contributed by atoms with van der Waals surface area (Å²) in [7, 11) is 1.92. The molecule has 0 bridgehead atoms. The van der Waals surface area contributed by atoms with Gasteiger partial charge in [-0.3, -0.25) is 0 Å². The molecule has 2 heterocycles. The molecule has 3 rings (SSSR count). The highest BCUT2D eigenvalue weighted by Gasteiger charge is 2.28. The lowest BCUT2D eigenvalue weighted by atomic mass is 10.0. The van der Waals surface area contributed by atoms with Gasteiger partial charge in [0.2, 0.25) is 0 Å². The number of likely N-dealkylation sites (N-methyl/N-ethyl adjacent to an activating group) is 1. The third kappa shape index (κ3) is 2.92. The lowest BCUT2D eigenvalue weighted by Gasteiger charge is -2.32. The van der Waals surface area contributed by atoms with Crippen LogP contribution in [0.4, 0.5) is 5.82 Å². The van der Waals surface area contributed by atoms with Gasteiger partial charge in [-0.15, -0.1) is 0 Å². The molecule has 0 aliphatic carbocycles. The largest absolute Gasteiger partial charge is 0.486 e. The zero-order valence-electron chi connectivity index (χ0n) is 12.0. The molecule has 5 nitrogen and oxygen atoms in total. The Morgan fingerprint density at radius 3 is 2.86 bits per heavy atom. The first-order chi connectivity index (χ1) is 10.3. The predicted octanol–water partition coefficient (Wildman–Crippen LogP) is 1.63. The summed E-state index contributed by atoms with van der Waals surface area (Å²) in [6, 6.07) is 11.7. The lowest BCUT2D eigenvalue weighted by molar-refractivity contribution is 0.0641. The second-order valence-corrected chi connectivity index (χ2v) is 5.06. The highest BCUT2D eigenvalue weighted by atomic mass is 16.6. The molecule has 0 radical (unpaired) electrons. The fourth-order valence-electron chi connectivity index (χ4n) is 2.51. The van der Waals surface area contributed by atoms with Crippen LogP contribution in [0.25, 0.3) is 0 Å². The van der Waals surface area contributed by atoms with Crippen molar-refractivity contribution < 1.29 is 9.47 Å². The van der Waals surface area contributed by atoms with Crippen molar-refractivity contribution in [2.45, 2.75) is 18.6 Å². The minimum absolute atomic E-state index is 0.0653. The molecule has 1 aromatic carbocycles. The quantitative estimate of drug-likeness (QED) is 0.893. The molecule has 2 atom stereocenters. The van der Waals surface area contributed by atoms with Gasteiger partial charge in [0.1, 0.15) is 18.5 Å². The molecule has 2 aromatic rings. The van der Waals surface area contributed by atoms with Gasteiger partial charge >= 0.3 is 0 Å². The van der Waals surface area contributed by atoms with Crippen LogP contribution in [0, 0.1) is 0 Å². The van der Waals surface area contributed by atoms with E-state index in [1.807, 2.05) is 43.4 Å². The summed E-state index contributed by atoms with van der Waals surface area (Å²) in [5.74, 6) is 2.15. The number of nitrogen functional groups attached to an aromatic ring is 1. The molecule has 1 aromatic heterocycles. The van der Waals surface area contributed by atoms with Gasteiger partial charge < -0.3 is 20.5 Å². The van der Waals surface area contributed by atoms with Crippen molar-refractivity contribution in [2.24, 2.45) is 0 Å². The number of nitrogens with two attached hydrogens (primary N) is 1. The Hall–Kier alpha value is -2.27. The molecule has 0 saturated heterocycles. The molecule has 0 spiro atoms. The fourth-order valence-corrected chi connectivity index (χ4v) is 2.51. The molecule has 3 N–H and O–H groups in total. The van der Waals surface area contributed by atoms with E-state index < -0.39 is 0 Å². The van der Waals surface area contributed by atoms with Gasteiger partial charge in [-0.25, -0.2) is 4.98 Å². The SMILES string of the molecule is CNC(Cc1cccnc1N)C1COc2ccccc2O1. The van der Waals surface area contributed by atoms with Gasteiger partial charge in [0.05, 0.1) is 6.04 Å². The van der Waals surface area contributed by atoms with Gasteiger partial charge in [0, 0.05) is 6.20 Å². The highest BCUT2D eigenvalue weighted by Crippen LogP contribution is 2.32. The minimum Gasteiger partial charge on any atom is -0.486 e. The molecular weight excluding hydrogens is 266 g/mol. The Morgan fingerprint density at radius 1 is 1.29 bits per heavy atom. The first kappa shape index (κ1) is 13.7. The van der Waals surface area contributed by atoms with Crippen LogP contribution in [0.1, 0.15) is 5.56 Å². The molecule has 21 heavy (non-hydrogen) atoms. The number of hydrogen-bond acceptors (Lipinski definition) is 5. The Balaban J connectivity index is 1.74. The summed E-state index contributed by atoms with van der Waals surface area (Å²) in [5.41, 5.74) is 6.93. The Bertz CT molecular complexity index is 618. The van der Waals surface area contributed by atoms with Crippen LogP contribution in [0.2, 0.25) is 0 Å². The normalized spacial score (nSPS) is 18.2. The van der Waals surface area contributed by atoms with E-state index in [-0.39, 0.29) is 12.1 Å². The summed E-state index contributed by atoms with van der Waals surface area (Å²) in [4.78, 5) is 4.13. The molecule has 0 fully saturated rings. The van der Waals surface area contributed by atoms with E-state index in [0.29, 0.717) is 12.4 Å². The number of aromatic nitrogens is 1. The molecule has 0 saturated carbocycles. The number of para-hydroxylation sites is 2. The average molecular weight is 285 g/mol. The number of rotatable bonds is 4. The van der Waals surface area contributed by atoms with Crippen LogP contribution in [0.3, 0.4) is 0 Å². The van der Waals surface area contributed by atoms with Crippen molar-refractivity contribution in [3.05, 3.63) is 48.2 Å². The van der Waals surface area contributed by atoms with E-state index in [4.69, 9.17) is 15.2 Å². The molecule has 110 valence electrons. The van der Waals surface area contributed by atoms with Gasteiger partial charge in [0.15, 0.2) is 11.5 Å².